The van der Waals surface area contributed by atoms with Crippen LogP contribution in [-0.4, -0.2) is 0 Å². The van der Waals surface area contributed by atoms with Crippen LogP contribution in [0.4, 0.5) is 0 Å². The zero-order valence-electron chi connectivity index (χ0n) is 6.80. The average molecular weight is 150 g/mol. The molecular formula is C9H14N2. The molecule has 0 heterocycles. The molecule has 0 aromatic carbocycles. The summed E-state index contributed by atoms with van der Waals surface area (Å²) in [5, 5.41) is 0. The van der Waals surface area contributed by atoms with Crippen molar-refractivity contribution in [3.05, 3.63) is 48.4 Å². The average Bonchev–Trinajstić information content (AvgIpc) is 1.87. The Hall–Kier alpha value is -1.44. The van der Waals surface area contributed by atoms with Gasteiger partial charge in [0.2, 0.25) is 0 Å². The highest BCUT2D eigenvalue weighted by atomic mass is 14.7. The molecular weight excluding hydrogens is 136 g/mol. The lowest BCUT2D eigenvalue weighted by molar-refractivity contribution is 1.24. The summed E-state index contributed by atoms with van der Waals surface area (Å²) in [6, 6.07) is 0. The van der Waals surface area contributed by atoms with Crippen LogP contribution in [0.3, 0.4) is 0 Å². The Bertz CT molecular complexity index is 222. The second-order valence-electron chi connectivity index (χ2n) is 2.27. The third-order valence-corrected chi connectivity index (χ3v) is 1.13. The van der Waals surface area contributed by atoms with Crippen LogP contribution in [0.1, 0.15) is 6.92 Å². The van der Waals surface area contributed by atoms with Crippen molar-refractivity contribution in [3.63, 3.8) is 0 Å². The standard InChI is InChI=1S/C9H14N2/c1-4-5-7(2)6-9(11)8(3)10/h4-6H,1,3,10-11H2,2H3/b7-5-,9-6-. The summed E-state index contributed by atoms with van der Waals surface area (Å²) in [6.07, 6.45) is 5.29. The van der Waals surface area contributed by atoms with Crippen molar-refractivity contribution >= 4 is 0 Å². The van der Waals surface area contributed by atoms with Gasteiger partial charge in [-0.15, -0.1) is 0 Å². The summed E-state index contributed by atoms with van der Waals surface area (Å²) in [4.78, 5) is 0. The van der Waals surface area contributed by atoms with Gasteiger partial charge >= 0.3 is 0 Å². The molecule has 0 aliphatic heterocycles. The van der Waals surface area contributed by atoms with Gasteiger partial charge in [-0.2, -0.15) is 0 Å². The molecule has 11 heavy (non-hydrogen) atoms. The van der Waals surface area contributed by atoms with Gasteiger partial charge < -0.3 is 11.5 Å². The normalized spacial score (nSPS) is 12.8. The van der Waals surface area contributed by atoms with E-state index in [0.29, 0.717) is 11.4 Å². The molecule has 0 amide bonds. The first kappa shape index (κ1) is 9.56. The molecule has 60 valence electrons. The predicted molar refractivity (Wildman–Crippen MR) is 49.6 cm³/mol. The van der Waals surface area contributed by atoms with E-state index in [2.05, 4.69) is 13.2 Å². The predicted octanol–water partition coefficient (Wildman–Crippen LogP) is 1.43. The Morgan fingerprint density at radius 2 is 1.91 bits per heavy atom. The highest BCUT2D eigenvalue weighted by Gasteiger charge is 1.89. The third kappa shape index (κ3) is 4.03. The molecule has 0 saturated heterocycles. The van der Waals surface area contributed by atoms with Gasteiger partial charge in [0.15, 0.2) is 0 Å². The minimum Gasteiger partial charge on any atom is -0.398 e. The van der Waals surface area contributed by atoms with Crippen molar-refractivity contribution in [1.29, 1.82) is 0 Å². The molecule has 0 spiro atoms. The molecule has 0 bridgehead atoms. The van der Waals surface area contributed by atoms with E-state index >= 15 is 0 Å². The first-order chi connectivity index (χ1) is 5.07. The molecule has 0 aromatic rings. The lowest BCUT2D eigenvalue weighted by Gasteiger charge is -1.98. The fraction of sp³-hybridized carbons (Fsp3) is 0.111. The van der Waals surface area contributed by atoms with Gasteiger partial charge in [-0.05, 0) is 18.6 Å². The zero-order chi connectivity index (χ0) is 8.85. The fourth-order valence-electron chi connectivity index (χ4n) is 0.572. The summed E-state index contributed by atoms with van der Waals surface area (Å²) >= 11 is 0. The lowest BCUT2D eigenvalue weighted by atomic mass is 10.2. The van der Waals surface area contributed by atoms with E-state index < -0.39 is 0 Å². The highest BCUT2D eigenvalue weighted by molar-refractivity contribution is 5.31. The second-order valence-corrected chi connectivity index (χ2v) is 2.27. The monoisotopic (exact) mass is 150 g/mol. The quantitative estimate of drug-likeness (QED) is 0.598. The highest BCUT2D eigenvalue weighted by Crippen LogP contribution is 2.00. The van der Waals surface area contributed by atoms with E-state index in [1.807, 2.05) is 13.0 Å². The molecule has 4 N–H and O–H groups in total. The van der Waals surface area contributed by atoms with Crippen LogP contribution >= 0.6 is 0 Å². The van der Waals surface area contributed by atoms with Crippen molar-refractivity contribution < 1.29 is 0 Å². The van der Waals surface area contributed by atoms with Gasteiger partial charge in [-0.3, -0.25) is 0 Å². The van der Waals surface area contributed by atoms with Gasteiger partial charge in [0.25, 0.3) is 0 Å². The van der Waals surface area contributed by atoms with Crippen LogP contribution in [-0.2, 0) is 0 Å². The Labute approximate surface area is 67.6 Å². The van der Waals surface area contributed by atoms with Gasteiger partial charge in [-0.25, -0.2) is 0 Å². The van der Waals surface area contributed by atoms with Crippen molar-refractivity contribution in [2.75, 3.05) is 0 Å². The summed E-state index contributed by atoms with van der Waals surface area (Å²) in [5.41, 5.74) is 12.7. The zero-order valence-corrected chi connectivity index (χ0v) is 6.80. The van der Waals surface area contributed by atoms with Crippen molar-refractivity contribution in [2.45, 2.75) is 6.92 Å². The van der Waals surface area contributed by atoms with Gasteiger partial charge in [0.05, 0.1) is 5.70 Å². The Balaban J connectivity index is 4.42. The molecule has 0 saturated carbocycles. The molecule has 0 rings (SSSR count). The van der Waals surface area contributed by atoms with Crippen LogP contribution in [0, 0.1) is 0 Å². The number of rotatable bonds is 3. The van der Waals surface area contributed by atoms with Gasteiger partial charge in [-0.1, -0.05) is 25.3 Å². The van der Waals surface area contributed by atoms with Crippen molar-refractivity contribution in [3.8, 4) is 0 Å². The lowest BCUT2D eigenvalue weighted by Crippen LogP contribution is -2.07. The van der Waals surface area contributed by atoms with Crippen molar-refractivity contribution in [1.82, 2.24) is 0 Å². The SMILES string of the molecule is C=C/C=C(C)\C=C(/N)C(=C)N. The number of allylic oxidation sites excluding steroid dienone is 4. The largest absolute Gasteiger partial charge is 0.398 e. The first-order valence-electron chi connectivity index (χ1n) is 3.29. The van der Waals surface area contributed by atoms with E-state index in [1.165, 1.54) is 0 Å². The molecule has 0 aromatic heterocycles. The van der Waals surface area contributed by atoms with Crippen LogP contribution in [0.5, 0.6) is 0 Å². The van der Waals surface area contributed by atoms with Crippen LogP contribution in [0.2, 0.25) is 0 Å². The summed E-state index contributed by atoms with van der Waals surface area (Å²) in [6.45, 7) is 8.97. The van der Waals surface area contributed by atoms with Crippen LogP contribution in [0.25, 0.3) is 0 Å². The van der Waals surface area contributed by atoms with Gasteiger partial charge in [0.1, 0.15) is 0 Å². The topological polar surface area (TPSA) is 52.0 Å². The number of hydrogen-bond donors (Lipinski definition) is 2. The molecule has 2 heteroatoms. The molecule has 0 aliphatic carbocycles. The summed E-state index contributed by atoms with van der Waals surface area (Å²) < 4.78 is 0. The molecule has 2 nitrogen and oxygen atoms in total. The van der Waals surface area contributed by atoms with Gasteiger partial charge in [0, 0.05) is 5.70 Å². The minimum atomic E-state index is 0.391. The number of hydrogen-bond acceptors (Lipinski definition) is 2. The van der Waals surface area contributed by atoms with E-state index in [0.717, 1.165) is 5.57 Å². The molecule has 0 aliphatic rings. The van der Waals surface area contributed by atoms with Crippen LogP contribution in [0.15, 0.2) is 48.4 Å². The Morgan fingerprint density at radius 3 is 2.27 bits per heavy atom. The molecule has 0 fully saturated rings. The number of nitrogens with two attached hydrogens (primary N) is 2. The van der Waals surface area contributed by atoms with Crippen LogP contribution < -0.4 is 11.5 Å². The Morgan fingerprint density at radius 1 is 1.36 bits per heavy atom. The molecule has 0 radical (unpaired) electrons. The molecule has 0 unspecified atom stereocenters. The summed E-state index contributed by atoms with van der Waals surface area (Å²) in [7, 11) is 0. The van der Waals surface area contributed by atoms with E-state index in [1.54, 1.807) is 12.2 Å². The first-order valence-corrected chi connectivity index (χ1v) is 3.29. The van der Waals surface area contributed by atoms with E-state index in [4.69, 9.17) is 11.5 Å². The second kappa shape index (κ2) is 4.39. The maximum atomic E-state index is 5.51. The van der Waals surface area contributed by atoms with E-state index in [-0.39, 0.29) is 0 Å². The minimum absolute atomic E-state index is 0.391. The summed E-state index contributed by atoms with van der Waals surface area (Å²) in [5.74, 6) is 0. The maximum Gasteiger partial charge on any atom is 0.0544 e. The third-order valence-electron chi connectivity index (χ3n) is 1.13. The maximum absolute atomic E-state index is 5.51. The fourth-order valence-corrected chi connectivity index (χ4v) is 0.572. The smallest absolute Gasteiger partial charge is 0.0544 e. The van der Waals surface area contributed by atoms with E-state index in [9.17, 15) is 0 Å². The van der Waals surface area contributed by atoms with Crippen molar-refractivity contribution in [2.24, 2.45) is 11.5 Å². The molecule has 0 atom stereocenters. The Kier molecular flexibility index (Phi) is 3.81.